The lowest BCUT2D eigenvalue weighted by Gasteiger charge is -2.18. The van der Waals surface area contributed by atoms with E-state index in [1.54, 1.807) is 19.9 Å². The van der Waals surface area contributed by atoms with Crippen molar-refractivity contribution in [3.05, 3.63) is 22.6 Å². The third kappa shape index (κ3) is 2.81. The standard InChI is InChI=1S/C10H12ClFN4/c1-5(14)6(2)15-10-8(12)3-7(4-13)9(11)16-10/h3,5-6H,14H2,1-2H3,(H,15,16)/t5-,6+/m0/s1. The van der Waals surface area contributed by atoms with Crippen LogP contribution < -0.4 is 11.1 Å². The molecule has 0 aliphatic rings. The van der Waals surface area contributed by atoms with Crippen molar-refractivity contribution in [3.8, 4) is 6.07 Å². The first-order chi connectivity index (χ1) is 7.45. The van der Waals surface area contributed by atoms with E-state index in [-0.39, 0.29) is 28.6 Å². The Labute approximate surface area is 98.2 Å². The van der Waals surface area contributed by atoms with Gasteiger partial charge in [0.1, 0.15) is 11.2 Å². The van der Waals surface area contributed by atoms with Crippen LogP contribution in [0.2, 0.25) is 5.15 Å². The Morgan fingerprint density at radius 1 is 1.62 bits per heavy atom. The first kappa shape index (κ1) is 12.7. The smallest absolute Gasteiger partial charge is 0.166 e. The second kappa shape index (κ2) is 5.10. The molecule has 0 aromatic carbocycles. The number of hydrogen-bond donors (Lipinski definition) is 2. The molecule has 2 atom stereocenters. The normalized spacial score (nSPS) is 14.0. The van der Waals surface area contributed by atoms with Gasteiger partial charge in [-0.15, -0.1) is 0 Å². The SMILES string of the molecule is C[C@H](N)[C@@H](C)Nc1nc(Cl)c(C#N)cc1F. The van der Waals surface area contributed by atoms with Crippen molar-refractivity contribution in [3.63, 3.8) is 0 Å². The molecule has 86 valence electrons. The molecule has 0 bridgehead atoms. The maximum absolute atomic E-state index is 13.5. The molecule has 0 spiro atoms. The van der Waals surface area contributed by atoms with Crippen molar-refractivity contribution in [2.24, 2.45) is 5.73 Å². The zero-order valence-electron chi connectivity index (χ0n) is 8.96. The first-order valence-corrected chi connectivity index (χ1v) is 5.11. The fraction of sp³-hybridized carbons (Fsp3) is 0.400. The van der Waals surface area contributed by atoms with Crippen LogP contribution in [-0.4, -0.2) is 17.1 Å². The van der Waals surface area contributed by atoms with Gasteiger partial charge in [-0.3, -0.25) is 0 Å². The number of anilines is 1. The Balaban J connectivity index is 2.99. The van der Waals surface area contributed by atoms with Crippen LogP contribution in [0.15, 0.2) is 6.07 Å². The Bertz CT molecular complexity index is 428. The van der Waals surface area contributed by atoms with E-state index in [0.717, 1.165) is 6.07 Å². The van der Waals surface area contributed by atoms with Crippen LogP contribution in [0.4, 0.5) is 10.2 Å². The molecule has 6 heteroatoms. The molecule has 1 heterocycles. The van der Waals surface area contributed by atoms with Crippen LogP contribution in [0.25, 0.3) is 0 Å². The van der Waals surface area contributed by atoms with Gasteiger partial charge in [-0.2, -0.15) is 5.26 Å². The number of nitrogens with one attached hydrogen (secondary N) is 1. The van der Waals surface area contributed by atoms with Crippen molar-refractivity contribution in [1.29, 1.82) is 5.26 Å². The van der Waals surface area contributed by atoms with Gasteiger partial charge in [0.05, 0.1) is 5.56 Å². The summed E-state index contributed by atoms with van der Waals surface area (Å²) in [5.41, 5.74) is 5.64. The fourth-order valence-electron chi connectivity index (χ4n) is 0.993. The van der Waals surface area contributed by atoms with Crippen LogP contribution in [0, 0.1) is 17.1 Å². The summed E-state index contributed by atoms with van der Waals surface area (Å²) in [6, 6.07) is 2.50. The second-order valence-corrected chi connectivity index (χ2v) is 3.92. The van der Waals surface area contributed by atoms with Gasteiger partial charge in [-0.1, -0.05) is 11.6 Å². The Kier molecular flexibility index (Phi) is 4.05. The molecule has 16 heavy (non-hydrogen) atoms. The van der Waals surface area contributed by atoms with E-state index in [9.17, 15) is 4.39 Å². The summed E-state index contributed by atoms with van der Waals surface area (Å²) in [4.78, 5) is 3.77. The lowest BCUT2D eigenvalue weighted by atomic mass is 10.2. The summed E-state index contributed by atoms with van der Waals surface area (Å²) >= 11 is 5.69. The number of nitrogens with two attached hydrogens (primary N) is 1. The topological polar surface area (TPSA) is 74.7 Å². The van der Waals surface area contributed by atoms with Crippen molar-refractivity contribution in [1.82, 2.24) is 4.98 Å². The van der Waals surface area contributed by atoms with Gasteiger partial charge in [0.2, 0.25) is 0 Å². The Morgan fingerprint density at radius 3 is 2.75 bits per heavy atom. The van der Waals surface area contributed by atoms with Gasteiger partial charge in [0.15, 0.2) is 11.6 Å². The number of rotatable bonds is 3. The lowest BCUT2D eigenvalue weighted by Crippen LogP contribution is -2.35. The van der Waals surface area contributed by atoms with Crippen LogP contribution >= 0.6 is 11.6 Å². The van der Waals surface area contributed by atoms with Gasteiger partial charge in [-0.05, 0) is 19.9 Å². The molecule has 0 saturated carbocycles. The van der Waals surface area contributed by atoms with Crippen molar-refractivity contribution in [2.75, 3.05) is 5.32 Å². The van der Waals surface area contributed by atoms with Gasteiger partial charge < -0.3 is 11.1 Å². The Morgan fingerprint density at radius 2 is 2.25 bits per heavy atom. The van der Waals surface area contributed by atoms with E-state index >= 15 is 0 Å². The predicted octanol–water partition coefficient (Wildman–Crippen LogP) is 1.89. The highest BCUT2D eigenvalue weighted by molar-refractivity contribution is 6.30. The average molecular weight is 243 g/mol. The third-order valence-corrected chi connectivity index (χ3v) is 2.49. The molecule has 1 rings (SSSR count). The predicted molar refractivity (Wildman–Crippen MR) is 60.7 cm³/mol. The molecule has 4 nitrogen and oxygen atoms in total. The largest absolute Gasteiger partial charge is 0.364 e. The van der Waals surface area contributed by atoms with Crippen molar-refractivity contribution in [2.45, 2.75) is 25.9 Å². The minimum atomic E-state index is -0.617. The number of hydrogen-bond acceptors (Lipinski definition) is 4. The van der Waals surface area contributed by atoms with E-state index in [0.29, 0.717) is 0 Å². The van der Waals surface area contributed by atoms with Gasteiger partial charge in [0.25, 0.3) is 0 Å². The quantitative estimate of drug-likeness (QED) is 0.794. The average Bonchev–Trinajstić information content (AvgIpc) is 2.22. The fourth-order valence-corrected chi connectivity index (χ4v) is 1.17. The number of pyridine rings is 1. The van der Waals surface area contributed by atoms with Crippen LogP contribution in [-0.2, 0) is 0 Å². The molecular formula is C10H12ClFN4. The summed E-state index contributed by atoms with van der Waals surface area (Å²) in [5.74, 6) is -0.609. The summed E-state index contributed by atoms with van der Waals surface area (Å²) in [5, 5.41) is 11.4. The maximum atomic E-state index is 13.5. The molecule has 0 amide bonds. The van der Waals surface area contributed by atoms with Crippen LogP contribution in [0.5, 0.6) is 0 Å². The molecule has 0 aliphatic carbocycles. The third-order valence-electron chi connectivity index (χ3n) is 2.20. The molecule has 1 aromatic rings. The molecule has 3 N–H and O–H groups in total. The van der Waals surface area contributed by atoms with Gasteiger partial charge in [0, 0.05) is 12.1 Å². The van der Waals surface area contributed by atoms with Crippen LogP contribution in [0.3, 0.4) is 0 Å². The van der Waals surface area contributed by atoms with E-state index in [1.807, 2.05) is 0 Å². The zero-order chi connectivity index (χ0) is 12.3. The van der Waals surface area contributed by atoms with E-state index in [4.69, 9.17) is 22.6 Å². The van der Waals surface area contributed by atoms with Crippen LogP contribution in [0.1, 0.15) is 19.4 Å². The number of nitriles is 1. The molecule has 0 aliphatic heterocycles. The summed E-state index contributed by atoms with van der Waals surface area (Å²) in [6.07, 6.45) is 0. The highest BCUT2D eigenvalue weighted by Gasteiger charge is 2.14. The van der Waals surface area contributed by atoms with E-state index in [2.05, 4.69) is 10.3 Å². The number of halogens is 2. The summed E-state index contributed by atoms with van der Waals surface area (Å²) in [7, 11) is 0. The molecule has 0 radical (unpaired) electrons. The number of nitrogens with zero attached hydrogens (tertiary/aromatic N) is 2. The second-order valence-electron chi connectivity index (χ2n) is 3.56. The minimum absolute atomic E-state index is 0.00815. The van der Waals surface area contributed by atoms with Crippen molar-refractivity contribution >= 4 is 17.4 Å². The Hall–Kier alpha value is -1.38. The highest BCUT2D eigenvalue weighted by atomic mass is 35.5. The summed E-state index contributed by atoms with van der Waals surface area (Å²) < 4.78 is 13.5. The van der Waals surface area contributed by atoms with E-state index in [1.165, 1.54) is 0 Å². The highest BCUT2D eigenvalue weighted by Crippen LogP contribution is 2.20. The molecular weight excluding hydrogens is 231 g/mol. The van der Waals surface area contributed by atoms with Gasteiger partial charge in [-0.25, -0.2) is 9.37 Å². The molecule has 0 fully saturated rings. The number of aromatic nitrogens is 1. The monoisotopic (exact) mass is 242 g/mol. The lowest BCUT2D eigenvalue weighted by molar-refractivity contribution is 0.600. The molecule has 0 saturated heterocycles. The van der Waals surface area contributed by atoms with E-state index < -0.39 is 5.82 Å². The molecule has 1 aromatic heterocycles. The maximum Gasteiger partial charge on any atom is 0.166 e. The van der Waals surface area contributed by atoms with Crippen molar-refractivity contribution < 1.29 is 4.39 Å². The minimum Gasteiger partial charge on any atom is -0.364 e. The zero-order valence-corrected chi connectivity index (χ0v) is 9.72. The molecule has 0 unspecified atom stereocenters. The first-order valence-electron chi connectivity index (χ1n) is 4.74. The summed E-state index contributed by atoms with van der Waals surface area (Å²) in [6.45, 7) is 3.60. The van der Waals surface area contributed by atoms with Gasteiger partial charge >= 0.3 is 0 Å².